The summed E-state index contributed by atoms with van der Waals surface area (Å²) in [6, 6.07) is 10.3. The molecule has 1 aromatic carbocycles. The smallest absolute Gasteiger partial charge is 0.358 e. The average molecular weight is 650 g/mol. The van der Waals surface area contributed by atoms with Crippen LogP contribution in [0.5, 0.6) is 0 Å². The highest BCUT2D eigenvalue weighted by atomic mass is 35.5. The second-order valence-corrected chi connectivity index (χ2v) is 11.1. The first-order valence-corrected chi connectivity index (χ1v) is 14.5. The third kappa shape index (κ3) is 6.00. The van der Waals surface area contributed by atoms with Crippen molar-refractivity contribution in [2.45, 2.75) is 38.7 Å². The lowest BCUT2D eigenvalue weighted by molar-refractivity contribution is -0.119. The number of hydrogen-bond acceptors (Lipinski definition) is 9. The molecule has 5 aromatic rings. The Kier molecular flexibility index (Phi) is 8.41. The van der Waals surface area contributed by atoms with Crippen LogP contribution < -0.4 is 10.9 Å². The zero-order valence-electron chi connectivity index (χ0n) is 24.5. The number of fused-ring (bicyclic) bond motifs is 4. The number of nitrogens with one attached hydrogen (secondary N) is 1. The summed E-state index contributed by atoms with van der Waals surface area (Å²) in [6.45, 7) is 1.79. The van der Waals surface area contributed by atoms with Gasteiger partial charge in [0.25, 0.3) is 12.0 Å². The minimum atomic E-state index is -2.81. The van der Waals surface area contributed by atoms with E-state index in [0.29, 0.717) is 46.9 Å². The molecule has 0 radical (unpaired) electrons. The first-order chi connectivity index (χ1) is 22.1. The van der Waals surface area contributed by atoms with Gasteiger partial charge in [-0.3, -0.25) is 19.1 Å². The molecule has 0 spiro atoms. The lowest BCUT2D eigenvalue weighted by atomic mass is 9.98. The van der Waals surface area contributed by atoms with Crippen molar-refractivity contribution in [2.24, 2.45) is 5.92 Å². The van der Waals surface area contributed by atoms with Crippen LogP contribution in [-0.4, -0.2) is 58.3 Å². The molecule has 0 unspecified atom stereocenters. The lowest BCUT2D eigenvalue weighted by Gasteiger charge is -2.22. The summed E-state index contributed by atoms with van der Waals surface area (Å²) in [6.07, 6.45) is 2.76. The van der Waals surface area contributed by atoms with Gasteiger partial charge in [-0.1, -0.05) is 30.2 Å². The number of methoxy groups -OCH3 is 1. The molecule has 236 valence electrons. The van der Waals surface area contributed by atoms with Crippen molar-refractivity contribution in [1.29, 1.82) is 0 Å². The molecule has 4 aromatic heterocycles. The van der Waals surface area contributed by atoms with E-state index in [0.717, 1.165) is 6.20 Å². The maximum Gasteiger partial charge on any atom is 0.358 e. The van der Waals surface area contributed by atoms with E-state index in [1.54, 1.807) is 43.5 Å². The van der Waals surface area contributed by atoms with Crippen LogP contribution in [0.25, 0.3) is 22.6 Å². The quantitative estimate of drug-likeness (QED) is 0.265. The minimum absolute atomic E-state index is 0.00273. The highest BCUT2D eigenvalue weighted by Gasteiger charge is 2.25. The molecule has 0 fully saturated rings. The number of ether oxygens (including phenoxy) is 1. The summed E-state index contributed by atoms with van der Waals surface area (Å²) in [5.41, 5.74) is 1.08. The van der Waals surface area contributed by atoms with E-state index < -0.39 is 35.6 Å². The Labute approximate surface area is 264 Å². The van der Waals surface area contributed by atoms with Gasteiger partial charge < -0.3 is 10.1 Å². The number of amides is 1. The zero-order chi connectivity index (χ0) is 32.5. The summed E-state index contributed by atoms with van der Waals surface area (Å²) >= 11 is 6.27. The van der Waals surface area contributed by atoms with Crippen LogP contribution in [0.2, 0.25) is 5.02 Å². The monoisotopic (exact) mass is 649 g/mol. The van der Waals surface area contributed by atoms with Gasteiger partial charge in [-0.25, -0.2) is 27.9 Å². The number of nitrogens with zero attached hydrogens (tertiary/aromatic N) is 8. The fourth-order valence-corrected chi connectivity index (χ4v) is 5.42. The van der Waals surface area contributed by atoms with Gasteiger partial charge in [0.1, 0.15) is 11.5 Å². The summed E-state index contributed by atoms with van der Waals surface area (Å²) in [5.74, 6) is -1.03. The normalized spacial score (nSPS) is 16.7. The molecule has 0 aliphatic carbocycles. The summed E-state index contributed by atoms with van der Waals surface area (Å²) < 4.78 is 35.3. The summed E-state index contributed by atoms with van der Waals surface area (Å²) in [4.78, 5) is 48.1. The Bertz CT molecular complexity index is 2010. The molecule has 2 atom stereocenters. The zero-order valence-corrected chi connectivity index (χ0v) is 25.2. The molecule has 16 heteroatoms. The van der Waals surface area contributed by atoms with Crippen molar-refractivity contribution >= 4 is 29.3 Å². The van der Waals surface area contributed by atoms with Crippen molar-refractivity contribution in [3.63, 3.8) is 0 Å². The number of rotatable bonds is 5. The van der Waals surface area contributed by atoms with E-state index in [1.807, 2.05) is 0 Å². The van der Waals surface area contributed by atoms with Gasteiger partial charge in [0.2, 0.25) is 5.91 Å². The molecule has 6 rings (SSSR count). The molecule has 46 heavy (non-hydrogen) atoms. The average Bonchev–Trinajstić information content (AvgIpc) is 3.71. The van der Waals surface area contributed by atoms with Crippen molar-refractivity contribution in [3.8, 4) is 22.6 Å². The fraction of sp³-hybridized carbons (Fsp3) is 0.267. The van der Waals surface area contributed by atoms with Gasteiger partial charge in [0.15, 0.2) is 5.69 Å². The van der Waals surface area contributed by atoms with Gasteiger partial charge in [0.05, 0.1) is 48.4 Å². The standard InChI is InChI=1S/C30H26ClF2N9O4/c1-16-4-3-5-25(21-11-18(8-9-34-21)42-26(36-29(16)44)12-22(38-42)30(45)46-2)40-15-35-20(13-27(40)43)19-10-17(31)6-7-24(19)41-14-23(28(32)33)37-39-41/h6-16,25,28H,3-5H2,1-2H3,(H,36,44)/t16-,25+/m1/s1. The van der Waals surface area contributed by atoms with Gasteiger partial charge in [0, 0.05) is 34.8 Å². The molecule has 13 nitrogen and oxygen atoms in total. The molecule has 0 saturated heterocycles. The molecule has 2 bridgehead atoms. The van der Waals surface area contributed by atoms with Crippen LogP contribution in [0.3, 0.4) is 0 Å². The van der Waals surface area contributed by atoms with E-state index in [4.69, 9.17) is 16.3 Å². The van der Waals surface area contributed by atoms with Gasteiger partial charge in [-0.05, 0) is 43.2 Å². The van der Waals surface area contributed by atoms with Crippen molar-refractivity contribution in [2.75, 3.05) is 12.4 Å². The van der Waals surface area contributed by atoms with Crippen LogP contribution >= 0.6 is 11.6 Å². The Morgan fingerprint density at radius 3 is 2.67 bits per heavy atom. The van der Waals surface area contributed by atoms with Crippen LogP contribution in [0, 0.1) is 5.92 Å². The number of aromatic nitrogens is 8. The van der Waals surface area contributed by atoms with E-state index in [9.17, 15) is 23.2 Å². The number of carbonyl (C=O) groups excluding carboxylic acids is 2. The number of alkyl halides is 2. The van der Waals surface area contributed by atoms with E-state index >= 15 is 0 Å². The van der Waals surface area contributed by atoms with E-state index in [-0.39, 0.29) is 23.1 Å². The van der Waals surface area contributed by atoms with Crippen LogP contribution in [0.4, 0.5) is 14.6 Å². The molecule has 1 N–H and O–H groups in total. The van der Waals surface area contributed by atoms with Crippen LogP contribution in [0.15, 0.2) is 66.0 Å². The lowest BCUT2D eigenvalue weighted by Crippen LogP contribution is -2.27. The molecule has 0 saturated carbocycles. The molecule has 1 aliphatic rings. The van der Waals surface area contributed by atoms with Crippen molar-refractivity contribution < 1.29 is 23.1 Å². The molecule has 5 heterocycles. The fourth-order valence-electron chi connectivity index (χ4n) is 5.25. The van der Waals surface area contributed by atoms with Gasteiger partial charge in [-0.15, -0.1) is 5.10 Å². The third-order valence-electron chi connectivity index (χ3n) is 7.66. The Morgan fingerprint density at radius 1 is 1.11 bits per heavy atom. The first kappa shape index (κ1) is 30.7. The number of pyridine rings is 1. The molecule has 1 amide bonds. The highest BCUT2D eigenvalue weighted by Crippen LogP contribution is 2.31. The number of anilines is 1. The van der Waals surface area contributed by atoms with E-state index in [1.165, 1.54) is 39.5 Å². The maximum atomic E-state index is 13.7. The number of benzene rings is 1. The Hall–Kier alpha value is -5.31. The predicted octanol–water partition coefficient (Wildman–Crippen LogP) is 4.80. The topological polar surface area (TPSA) is 152 Å². The van der Waals surface area contributed by atoms with Crippen LogP contribution in [-0.2, 0) is 9.53 Å². The summed E-state index contributed by atoms with van der Waals surface area (Å²) in [7, 11) is 1.24. The number of carbonyl (C=O) groups is 2. The Morgan fingerprint density at radius 2 is 1.93 bits per heavy atom. The Balaban J connectivity index is 1.42. The number of esters is 1. The van der Waals surface area contributed by atoms with Crippen molar-refractivity contribution in [3.05, 3.63) is 93.6 Å². The number of hydrogen-bond donors (Lipinski definition) is 1. The minimum Gasteiger partial charge on any atom is -0.464 e. The molecule has 1 aliphatic heterocycles. The second kappa shape index (κ2) is 12.6. The van der Waals surface area contributed by atoms with Gasteiger partial charge >= 0.3 is 5.97 Å². The maximum absolute atomic E-state index is 13.7. The van der Waals surface area contributed by atoms with Crippen molar-refractivity contribution in [1.82, 2.24) is 39.3 Å². The van der Waals surface area contributed by atoms with Crippen LogP contribution in [0.1, 0.15) is 60.5 Å². The first-order valence-electron chi connectivity index (χ1n) is 14.2. The largest absolute Gasteiger partial charge is 0.464 e. The summed E-state index contributed by atoms with van der Waals surface area (Å²) in [5, 5.41) is 14.9. The number of halogens is 3. The molecular formula is C30H26ClF2N9O4. The SMILES string of the molecule is COC(=O)c1cc2n(n1)-c1ccnc(c1)[C@@H](n1cnc(-c3cc(Cl)ccc3-n3cc(C(F)F)nn3)cc1=O)CCC[C@@H](C)C(=O)N2. The second-order valence-electron chi connectivity index (χ2n) is 10.7. The van der Waals surface area contributed by atoms with Gasteiger partial charge in [-0.2, -0.15) is 5.10 Å². The highest BCUT2D eigenvalue weighted by molar-refractivity contribution is 6.31. The molecular weight excluding hydrogens is 624 g/mol. The van der Waals surface area contributed by atoms with E-state index in [2.05, 4.69) is 30.7 Å². The predicted molar refractivity (Wildman–Crippen MR) is 161 cm³/mol. The third-order valence-corrected chi connectivity index (χ3v) is 7.89.